The van der Waals surface area contributed by atoms with Crippen molar-refractivity contribution in [3.05, 3.63) is 72.2 Å². The Hall–Kier alpha value is -3.61. The lowest BCUT2D eigenvalue weighted by Crippen LogP contribution is -2.41. The minimum absolute atomic E-state index is 0.227. The maximum absolute atomic E-state index is 12.3. The van der Waals surface area contributed by atoms with Crippen LogP contribution in [0.2, 0.25) is 0 Å². The molecule has 3 aromatic rings. The number of para-hydroxylation sites is 1. The molecule has 2 amide bonds. The van der Waals surface area contributed by atoms with Crippen molar-refractivity contribution < 1.29 is 9.53 Å². The molecule has 0 saturated carbocycles. The summed E-state index contributed by atoms with van der Waals surface area (Å²) >= 11 is 0. The number of benzene rings is 2. The van der Waals surface area contributed by atoms with Crippen molar-refractivity contribution in [2.24, 2.45) is 5.73 Å². The van der Waals surface area contributed by atoms with Crippen molar-refractivity contribution >= 4 is 17.5 Å². The number of hydrogen-bond acceptors (Lipinski definition) is 5. The molecule has 7 heteroatoms. The minimum atomic E-state index is -0.518. The van der Waals surface area contributed by atoms with Crippen LogP contribution in [0, 0.1) is 6.92 Å². The second-order valence-corrected chi connectivity index (χ2v) is 6.57. The molecule has 0 fully saturated rings. The average molecular weight is 375 g/mol. The maximum atomic E-state index is 12.3. The van der Waals surface area contributed by atoms with Gasteiger partial charge in [0.1, 0.15) is 23.1 Å². The molecule has 0 bridgehead atoms. The Morgan fingerprint density at radius 3 is 2.57 bits per heavy atom. The molecule has 1 unspecified atom stereocenters. The van der Waals surface area contributed by atoms with Gasteiger partial charge in [0, 0.05) is 24.0 Å². The Bertz CT molecular complexity index is 976. The molecular weight excluding hydrogens is 354 g/mol. The van der Waals surface area contributed by atoms with Gasteiger partial charge in [0.15, 0.2) is 0 Å². The van der Waals surface area contributed by atoms with Crippen LogP contribution in [-0.4, -0.2) is 22.5 Å². The number of hydrogen-bond donors (Lipinski definition) is 2. The number of urea groups is 1. The van der Waals surface area contributed by atoms with Gasteiger partial charge in [-0.3, -0.25) is 4.90 Å². The molecule has 2 aromatic carbocycles. The minimum Gasteiger partial charge on any atom is -0.457 e. The average Bonchev–Trinajstić information content (AvgIpc) is 2.70. The summed E-state index contributed by atoms with van der Waals surface area (Å²) in [5.41, 5.74) is 7.30. The smallest absolute Gasteiger partial charge is 0.319 e. The molecule has 0 radical (unpaired) electrons. The number of carbonyl (C=O) groups excluding carboxylic acids is 1. The van der Waals surface area contributed by atoms with Crippen molar-refractivity contribution in [1.82, 2.24) is 9.97 Å². The van der Waals surface area contributed by atoms with E-state index in [2.05, 4.69) is 15.3 Å². The molecule has 4 rings (SSSR count). The van der Waals surface area contributed by atoms with Gasteiger partial charge in [-0.2, -0.15) is 0 Å². The number of primary amides is 1. The topological polar surface area (TPSA) is 93.4 Å². The first kappa shape index (κ1) is 17.8. The van der Waals surface area contributed by atoms with Crippen molar-refractivity contribution in [2.45, 2.75) is 19.4 Å². The van der Waals surface area contributed by atoms with Crippen LogP contribution in [0.4, 0.5) is 16.3 Å². The van der Waals surface area contributed by atoms with E-state index in [1.165, 1.54) is 0 Å². The van der Waals surface area contributed by atoms with E-state index in [-0.39, 0.29) is 6.04 Å². The lowest BCUT2D eigenvalue weighted by atomic mass is 10.00. The van der Waals surface area contributed by atoms with Crippen LogP contribution in [0.1, 0.15) is 23.9 Å². The van der Waals surface area contributed by atoms with Gasteiger partial charge >= 0.3 is 6.03 Å². The number of anilines is 2. The van der Waals surface area contributed by atoms with E-state index in [0.29, 0.717) is 30.2 Å². The summed E-state index contributed by atoms with van der Waals surface area (Å²) in [6.07, 6.45) is 2.47. The van der Waals surface area contributed by atoms with Gasteiger partial charge in [-0.1, -0.05) is 18.2 Å². The van der Waals surface area contributed by atoms with Crippen molar-refractivity contribution in [1.29, 1.82) is 0 Å². The number of aromatic nitrogens is 2. The normalized spacial score (nSPS) is 15.2. The van der Waals surface area contributed by atoms with Crippen LogP contribution in [0.3, 0.4) is 0 Å². The molecule has 2 heterocycles. The van der Waals surface area contributed by atoms with Gasteiger partial charge in [0.05, 0.1) is 6.04 Å². The quantitative estimate of drug-likeness (QED) is 0.718. The van der Waals surface area contributed by atoms with E-state index in [0.717, 1.165) is 17.1 Å². The third kappa shape index (κ3) is 3.59. The molecular formula is C21H21N5O2. The monoisotopic (exact) mass is 375 g/mol. The van der Waals surface area contributed by atoms with E-state index < -0.39 is 6.03 Å². The number of ether oxygens (including phenoxy) is 1. The zero-order valence-electron chi connectivity index (χ0n) is 15.5. The predicted molar refractivity (Wildman–Crippen MR) is 108 cm³/mol. The number of nitrogens with zero attached hydrogens (tertiary/aromatic N) is 3. The van der Waals surface area contributed by atoms with E-state index >= 15 is 0 Å². The summed E-state index contributed by atoms with van der Waals surface area (Å²) in [6.45, 7) is 2.54. The van der Waals surface area contributed by atoms with E-state index in [9.17, 15) is 4.79 Å². The largest absolute Gasteiger partial charge is 0.457 e. The van der Waals surface area contributed by atoms with E-state index in [1.54, 1.807) is 11.1 Å². The number of aryl methyl sites for hydroxylation is 1. The third-order valence-corrected chi connectivity index (χ3v) is 4.65. The number of carbonyl (C=O) groups is 1. The molecule has 0 aliphatic carbocycles. The van der Waals surface area contributed by atoms with Gasteiger partial charge in [-0.15, -0.1) is 0 Å². The molecule has 142 valence electrons. The first-order chi connectivity index (χ1) is 13.6. The Labute approximate surface area is 163 Å². The van der Waals surface area contributed by atoms with E-state index in [1.807, 2.05) is 61.5 Å². The van der Waals surface area contributed by atoms with Crippen molar-refractivity contribution in [3.8, 4) is 11.5 Å². The SMILES string of the molecule is Cc1ncc2c(n1)NCCC2N(C(N)=O)c1ccc(Oc2ccccc2)cc1. The fraction of sp³-hybridized carbons (Fsp3) is 0.190. The second kappa shape index (κ2) is 7.56. The van der Waals surface area contributed by atoms with Crippen molar-refractivity contribution in [3.63, 3.8) is 0 Å². The molecule has 1 aromatic heterocycles. The standard InChI is InChI=1S/C21H21N5O2/c1-14-24-13-18-19(11-12-23-20(18)25-14)26(21(22)27)15-7-9-17(10-8-15)28-16-5-3-2-4-6-16/h2-10,13,19H,11-12H2,1H3,(H2,22,27)(H,23,24,25). The summed E-state index contributed by atoms with van der Waals surface area (Å²) in [5, 5.41) is 3.27. The molecule has 0 saturated heterocycles. The fourth-order valence-electron chi connectivity index (χ4n) is 3.38. The Kier molecular flexibility index (Phi) is 4.80. The number of nitrogens with one attached hydrogen (secondary N) is 1. The number of rotatable bonds is 4. The molecule has 28 heavy (non-hydrogen) atoms. The molecule has 7 nitrogen and oxygen atoms in total. The van der Waals surface area contributed by atoms with Gasteiger partial charge in [-0.25, -0.2) is 14.8 Å². The molecule has 1 aliphatic heterocycles. The van der Waals surface area contributed by atoms with Crippen molar-refractivity contribution in [2.75, 3.05) is 16.8 Å². The number of nitrogens with two attached hydrogens (primary N) is 1. The van der Waals surface area contributed by atoms with E-state index in [4.69, 9.17) is 10.5 Å². The van der Waals surface area contributed by atoms with Gasteiger partial charge in [0.25, 0.3) is 0 Å². The highest BCUT2D eigenvalue weighted by molar-refractivity contribution is 5.92. The van der Waals surface area contributed by atoms with Crippen LogP contribution in [-0.2, 0) is 0 Å². The summed E-state index contributed by atoms with van der Waals surface area (Å²) in [5.74, 6) is 2.87. The fourth-order valence-corrected chi connectivity index (χ4v) is 3.38. The van der Waals surface area contributed by atoms with Crippen LogP contribution in [0.25, 0.3) is 0 Å². The Balaban J connectivity index is 1.62. The zero-order valence-corrected chi connectivity index (χ0v) is 15.5. The zero-order chi connectivity index (χ0) is 19.5. The second-order valence-electron chi connectivity index (χ2n) is 6.57. The van der Waals surface area contributed by atoms with Crippen LogP contribution >= 0.6 is 0 Å². The first-order valence-corrected chi connectivity index (χ1v) is 9.11. The van der Waals surface area contributed by atoms with Gasteiger partial charge in [-0.05, 0) is 49.7 Å². The van der Waals surface area contributed by atoms with Crippen LogP contribution < -0.4 is 20.7 Å². The molecule has 1 atom stereocenters. The maximum Gasteiger partial charge on any atom is 0.319 e. The van der Waals surface area contributed by atoms with Gasteiger partial charge < -0.3 is 15.8 Å². The van der Waals surface area contributed by atoms with Crippen LogP contribution in [0.15, 0.2) is 60.8 Å². The van der Waals surface area contributed by atoms with Gasteiger partial charge in [0.2, 0.25) is 0 Å². The summed E-state index contributed by atoms with van der Waals surface area (Å²) in [7, 11) is 0. The molecule has 3 N–H and O–H groups in total. The summed E-state index contributed by atoms with van der Waals surface area (Å²) in [4.78, 5) is 22.6. The lowest BCUT2D eigenvalue weighted by molar-refractivity contribution is 0.251. The molecule has 1 aliphatic rings. The number of amides is 2. The first-order valence-electron chi connectivity index (χ1n) is 9.11. The van der Waals surface area contributed by atoms with Crippen LogP contribution in [0.5, 0.6) is 11.5 Å². The third-order valence-electron chi connectivity index (χ3n) is 4.65. The summed E-state index contributed by atoms with van der Waals surface area (Å²) < 4.78 is 5.82. The Morgan fingerprint density at radius 1 is 1.14 bits per heavy atom. The predicted octanol–water partition coefficient (Wildman–Crippen LogP) is 4.02. The number of fused-ring (bicyclic) bond motifs is 1. The summed E-state index contributed by atoms with van der Waals surface area (Å²) in [6, 6.07) is 16.1. The lowest BCUT2D eigenvalue weighted by Gasteiger charge is -2.34. The highest BCUT2D eigenvalue weighted by atomic mass is 16.5. The Morgan fingerprint density at radius 2 is 1.86 bits per heavy atom. The highest BCUT2D eigenvalue weighted by Gasteiger charge is 2.30. The molecule has 0 spiro atoms. The highest BCUT2D eigenvalue weighted by Crippen LogP contribution is 2.36.